The number of carbonyl (C=O) groups excluding carboxylic acids is 1. The number of pyridine rings is 1. The number of rotatable bonds is 4. The van der Waals surface area contributed by atoms with E-state index < -0.39 is 5.79 Å². The predicted molar refractivity (Wildman–Crippen MR) is 134 cm³/mol. The van der Waals surface area contributed by atoms with Gasteiger partial charge in [0.2, 0.25) is 0 Å². The van der Waals surface area contributed by atoms with Crippen molar-refractivity contribution in [3.8, 4) is 11.5 Å². The van der Waals surface area contributed by atoms with E-state index in [1.807, 2.05) is 33.8 Å². The van der Waals surface area contributed by atoms with Crippen molar-refractivity contribution in [2.24, 2.45) is 5.92 Å². The summed E-state index contributed by atoms with van der Waals surface area (Å²) >= 11 is 6.85. The van der Waals surface area contributed by atoms with Gasteiger partial charge in [0.1, 0.15) is 0 Å². The van der Waals surface area contributed by atoms with Crippen LogP contribution in [0, 0.1) is 26.7 Å². The number of aromatic nitrogens is 1. The molecule has 2 aliphatic heterocycles. The number of aromatic amines is 1. The molecular formula is C27H33ClN2O5. The van der Waals surface area contributed by atoms with Gasteiger partial charge in [0, 0.05) is 43.3 Å². The highest BCUT2D eigenvalue weighted by Crippen LogP contribution is 2.53. The van der Waals surface area contributed by atoms with Crippen molar-refractivity contribution >= 4 is 17.5 Å². The molecule has 1 atom stereocenters. The molecule has 1 amide bonds. The van der Waals surface area contributed by atoms with Crippen LogP contribution in [0.1, 0.15) is 70.9 Å². The predicted octanol–water partition coefficient (Wildman–Crippen LogP) is 4.84. The second-order valence-electron chi connectivity index (χ2n) is 10.3. The van der Waals surface area contributed by atoms with Crippen LogP contribution in [0.4, 0.5) is 0 Å². The second kappa shape index (κ2) is 8.86. The van der Waals surface area contributed by atoms with Crippen molar-refractivity contribution in [3.05, 3.63) is 55.0 Å². The van der Waals surface area contributed by atoms with E-state index in [9.17, 15) is 9.59 Å². The number of nitrogens with zero attached hydrogens (tertiary/aromatic N) is 1. The molecule has 2 aromatic rings. The molecule has 1 unspecified atom stereocenters. The van der Waals surface area contributed by atoms with Crippen LogP contribution in [0.5, 0.6) is 11.5 Å². The molecule has 1 aromatic carbocycles. The molecule has 7 nitrogen and oxygen atoms in total. The standard InChI is InChI=1S/C27H33ClN2O5/c1-14-12-15(2)29-25(31)20(14)13-30-11-10-19-21(26(30)32)16(3)23-24(22(19)28)35-27(4,34-23)17-6-8-18(33-5)9-7-17/h12,17-18H,6-11,13H2,1-5H3,(H,29,31). The van der Waals surface area contributed by atoms with Crippen molar-refractivity contribution in [2.45, 2.75) is 78.2 Å². The van der Waals surface area contributed by atoms with Crippen LogP contribution in [-0.2, 0) is 17.7 Å². The Labute approximate surface area is 210 Å². The van der Waals surface area contributed by atoms with E-state index in [-0.39, 0.29) is 30.0 Å². The van der Waals surface area contributed by atoms with Gasteiger partial charge < -0.3 is 24.1 Å². The molecule has 1 N–H and O–H groups in total. The van der Waals surface area contributed by atoms with Crippen LogP contribution in [0.2, 0.25) is 5.02 Å². The van der Waals surface area contributed by atoms with Crippen LogP contribution in [0.25, 0.3) is 0 Å². The van der Waals surface area contributed by atoms with E-state index >= 15 is 0 Å². The van der Waals surface area contributed by atoms with E-state index in [4.69, 9.17) is 25.8 Å². The summed E-state index contributed by atoms with van der Waals surface area (Å²) in [6.45, 7) is 8.37. The number of fused-ring (bicyclic) bond motifs is 2. The third-order valence-corrected chi connectivity index (χ3v) is 8.42. The van der Waals surface area contributed by atoms with Crippen LogP contribution >= 0.6 is 11.6 Å². The van der Waals surface area contributed by atoms with E-state index in [0.717, 1.165) is 48.1 Å². The lowest BCUT2D eigenvalue weighted by Gasteiger charge is -2.36. The number of nitrogens with one attached hydrogen (secondary N) is 1. The molecule has 0 radical (unpaired) electrons. The first kappa shape index (κ1) is 24.2. The molecule has 3 heterocycles. The van der Waals surface area contributed by atoms with Crippen molar-refractivity contribution in [1.82, 2.24) is 9.88 Å². The fourth-order valence-corrected chi connectivity index (χ4v) is 6.25. The molecule has 3 aliphatic rings. The number of aryl methyl sites for hydroxylation is 2. The van der Waals surface area contributed by atoms with Gasteiger partial charge in [0.25, 0.3) is 17.3 Å². The van der Waals surface area contributed by atoms with Crippen LogP contribution in [-0.4, -0.2) is 41.3 Å². The van der Waals surface area contributed by atoms with Crippen molar-refractivity contribution in [2.75, 3.05) is 13.7 Å². The Morgan fingerprint density at radius 1 is 1.14 bits per heavy atom. The Balaban J connectivity index is 1.44. The topological polar surface area (TPSA) is 80.9 Å². The number of methoxy groups -OCH3 is 1. The number of benzene rings is 1. The van der Waals surface area contributed by atoms with Gasteiger partial charge in [-0.2, -0.15) is 0 Å². The zero-order chi connectivity index (χ0) is 25.1. The molecule has 5 rings (SSSR count). The van der Waals surface area contributed by atoms with E-state index in [2.05, 4.69) is 4.98 Å². The molecule has 1 saturated carbocycles. The van der Waals surface area contributed by atoms with Crippen molar-refractivity contribution < 1.29 is 19.0 Å². The summed E-state index contributed by atoms with van der Waals surface area (Å²) in [5, 5.41) is 0.465. The van der Waals surface area contributed by atoms with Crippen LogP contribution < -0.4 is 15.0 Å². The maximum absolute atomic E-state index is 13.7. The van der Waals surface area contributed by atoms with E-state index in [1.54, 1.807) is 12.0 Å². The first-order chi connectivity index (χ1) is 16.6. The number of H-pyrrole nitrogens is 1. The Hall–Kier alpha value is -2.51. The van der Waals surface area contributed by atoms with Crippen LogP contribution in [0.3, 0.4) is 0 Å². The average Bonchev–Trinajstić information content (AvgIpc) is 3.20. The lowest BCUT2D eigenvalue weighted by atomic mass is 9.82. The maximum Gasteiger partial charge on any atom is 0.254 e. The Morgan fingerprint density at radius 3 is 2.49 bits per heavy atom. The highest BCUT2D eigenvalue weighted by molar-refractivity contribution is 6.34. The molecule has 188 valence electrons. The Morgan fingerprint density at radius 2 is 1.83 bits per heavy atom. The highest BCUT2D eigenvalue weighted by atomic mass is 35.5. The summed E-state index contributed by atoms with van der Waals surface area (Å²) in [6, 6.07) is 1.93. The van der Waals surface area contributed by atoms with Gasteiger partial charge in [-0.3, -0.25) is 9.59 Å². The van der Waals surface area contributed by atoms with Gasteiger partial charge in [-0.15, -0.1) is 0 Å². The summed E-state index contributed by atoms with van der Waals surface area (Å²) in [5.41, 5.74) is 4.26. The second-order valence-corrected chi connectivity index (χ2v) is 10.7. The molecular weight excluding hydrogens is 468 g/mol. The smallest absolute Gasteiger partial charge is 0.254 e. The third-order valence-electron chi connectivity index (χ3n) is 8.02. The third kappa shape index (κ3) is 4.02. The van der Waals surface area contributed by atoms with Gasteiger partial charge in [-0.25, -0.2) is 0 Å². The quantitative estimate of drug-likeness (QED) is 0.649. The largest absolute Gasteiger partial charge is 0.448 e. The number of hydrogen-bond acceptors (Lipinski definition) is 5. The molecule has 0 spiro atoms. The first-order valence-corrected chi connectivity index (χ1v) is 12.7. The number of halogens is 1. The number of hydrogen-bond donors (Lipinski definition) is 1. The van der Waals surface area contributed by atoms with Crippen LogP contribution in [0.15, 0.2) is 10.9 Å². The summed E-state index contributed by atoms with van der Waals surface area (Å²) in [4.78, 5) is 30.8. The van der Waals surface area contributed by atoms with Gasteiger partial charge >= 0.3 is 0 Å². The van der Waals surface area contributed by atoms with E-state index in [0.29, 0.717) is 40.6 Å². The number of carbonyl (C=O) groups is 1. The number of amides is 1. The van der Waals surface area contributed by atoms with Gasteiger partial charge in [-0.1, -0.05) is 11.6 Å². The van der Waals surface area contributed by atoms with Crippen molar-refractivity contribution in [1.29, 1.82) is 0 Å². The summed E-state index contributed by atoms with van der Waals surface area (Å²) < 4.78 is 18.4. The minimum absolute atomic E-state index is 0.134. The number of ether oxygens (including phenoxy) is 3. The Bertz CT molecular complexity index is 1250. The molecule has 0 saturated heterocycles. The highest BCUT2D eigenvalue weighted by Gasteiger charge is 2.48. The monoisotopic (exact) mass is 500 g/mol. The fraction of sp³-hybridized carbons (Fsp3) is 0.556. The summed E-state index contributed by atoms with van der Waals surface area (Å²) in [6.07, 6.45) is 4.69. The molecule has 1 aromatic heterocycles. The molecule has 35 heavy (non-hydrogen) atoms. The average molecular weight is 501 g/mol. The fourth-order valence-electron chi connectivity index (χ4n) is 5.94. The molecule has 1 aliphatic carbocycles. The zero-order valence-electron chi connectivity index (χ0n) is 21.0. The summed E-state index contributed by atoms with van der Waals surface area (Å²) in [5.74, 6) is 0.355. The minimum Gasteiger partial charge on any atom is -0.448 e. The molecule has 1 fully saturated rings. The normalized spacial score (nSPS) is 25.7. The Kier molecular flexibility index (Phi) is 6.12. The maximum atomic E-state index is 13.7. The van der Waals surface area contributed by atoms with Gasteiger partial charge in [-0.05, 0) is 70.1 Å². The van der Waals surface area contributed by atoms with E-state index in [1.165, 1.54) is 0 Å². The zero-order valence-corrected chi connectivity index (χ0v) is 21.8. The molecule has 0 bridgehead atoms. The van der Waals surface area contributed by atoms with Gasteiger partial charge in [0.05, 0.1) is 23.2 Å². The van der Waals surface area contributed by atoms with Crippen molar-refractivity contribution in [3.63, 3.8) is 0 Å². The lowest BCUT2D eigenvalue weighted by Crippen LogP contribution is -2.45. The SMILES string of the molecule is COC1CCC(C2(C)Oc3c(C)c4c(c(Cl)c3O2)CCN(Cc2c(C)cc(C)[nH]c2=O)C4=O)CC1. The van der Waals surface area contributed by atoms with Gasteiger partial charge in [0.15, 0.2) is 11.5 Å². The first-order valence-electron chi connectivity index (χ1n) is 12.4. The summed E-state index contributed by atoms with van der Waals surface area (Å²) in [7, 11) is 1.76. The lowest BCUT2D eigenvalue weighted by molar-refractivity contribution is -0.128. The minimum atomic E-state index is -0.825. The molecule has 8 heteroatoms.